The monoisotopic (exact) mass is 181 g/mol. The summed E-state index contributed by atoms with van der Waals surface area (Å²) in [7, 11) is -1.68. The molecule has 4 nitrogen and oxygen atoms in total. The van der Waals surface area contributed by atoms with Gasteiger partial charge in [0.05, 0.1) is 5.75 Å². The summed E-state index contributed by atoms with van der Waals surface area (Å²) in [6, 6.07) is 0. The third-order valence-corrected chi connectivity index (χ3v) is 2.91. The molecule has 11 heavy (non-hydrogen) atoms. The number of rotatable bonds is 5. The number of methoxy groups -OCH3 is 1. The summed E-state index contributed by atoms with van der Waals surface area (Å²) in [6.45, 7) is 2.19. The Balaban J connectivity index is 3.92. The van der Waals surface area contributed by atoms with Crippen molar-refractivity contribution >= 4 is 9.84 Å². The van der Waals surface area contributed by atoms with Crippen LogP contribution in [-0.2, 0) is 14.6 Å². The summed E-state index contributed by atoms with van der Waals surface area (Å²) >= 11 is 0. The van der Waals surface area contributed by atoms with Crippen LogP contribution in [0.3, 0.4) is 0 Å². The Morgan fingerprint density at radius 3 is 2.45 bits per heavy atom. The van der Waals surface area contributed by atoms with Crippen LogP contribution >= 0.6 is 0 Å². The van der Waals surface area contributed by atoms with Crippen LogP contribution in [0.5, 0.6) is 0 Å². The predicted octanol–water partition coefficient (Wildman–Crippen LogP) is -0.400. The molecule has 68 valence electrons. The molecule has 0 radical (unpaired) electrons. The van der Waals surface area contributed by atoms with Gasteiger partial charge in [-0.15, -0.1) is 0 Å². The van der Waals surface area contributed by atoms with Crippen LogP contribution in [0.4, 0.5) is 0 Å². The highest BCUT2D eigenvalue weighted by Gasteiger charge is 2.13. The molecule has 0 amide bonds. The molecular formula is C6H15NO3S. The number of nitrogens with two attached hydrogens (primary N) is 1. The highest BCUT2D eigenvalue weighted by atomic mass is 32.2. The quantitative estimate of drug-likeness (QED) is 0.626. The van der Waals surface area contributed by atoms with Gasteiger partial charge >= 0.3 is 0 Å². The van der Waals surface area contributed by atoms with Crippen molar-refractivity contribution in [2.24, 2.45) is 11.7 Å². The maximum atomic E-state index is 11.0. The second-order valence-electron chi connectivity index (χ2n) is 2.66. The van der Waals surface area contributed by atoms with Crippen LogP contribution in [0.25, 0.3) is 0 Å². The number of ether oxygens (including phenoxy) is 1. The second-order valence-corrected chi connectivity index (χ2v) is 4.71. The highest BCUT2D eigenvalue weighted by molar-refractivity contribution is 7.91. The molecular weight excluding hydrogens is 166 g/mol. The van der Waals surface area contributed by atoms with Gasteiger partial charge in [-0.2, -0.15) is 0 Å². The van der Waals surface area contributed by atoms with Crippen LogP contribution in [0, 0.1) is 5.92 Å². The van der Waals surface area contributed by atoms with E-state index in [0.29, 0.717) is 6.54 Å². The summed E-state index contributed by atoms with van der Waals surface area (Å²) < 4.78 is 26.6. The number of hydrogen-bond acceptors (Lipinski definition) is 4. The Morgan fingerprint density at radius 1 is 1.55 bits per heavy atom. The zero-order chi connectivity index (χ0) is 8.91. The molecule has 0 rings (SSSR count). The number of hydrogen-bond donors (Lipinski definition) is 1. The van der Waals surface area contributed by atoms with Gasteiger partial charge in [-0.1, -0.05) is 6.92 Å². The maximum absolute atomic E-state index is 11.0. The van der Waals surface area contributed by atoms with Crippen molar-refractivity contribution in [3.8, 4) is 0 Å². The van der Waals surface area contributed by atoms with Crippen molar-refractivity contribution in [2.45, 2.75) is 6.92 Å². The fourth-order valence-corrected chi connectivity index (χ4v) is 2.19. The van der Waals surface area contributed by atoms with E-state index >= 15 is 0 Å². The molecule has 0 bridgehead atoms. The molecule has 0 heterocycles. The van der Waals surface area contributed by atoms with E-state index in [2.05, 4.69) is 4.74 Å². The highest BCUT2D eigenvalue weighted by Crippen LogP contribution is 1.99. The lowest BCUT2D eigenvalue weighted by Gasteiger charge is -2.07. The van der Waals surface area contributed by atoms with Gasteiger partial charge in [-0.3, -0.25) is 0 Å². The van der Waals surface area contributed by atoms with Crippen LogP contribution in [-0.4, -0.2) is 33.8 Å². The molecule has 0 saturated carbocycles. The van der Waals surface area contributed by atoms with E-state index in [9.17, 15) is 8.42 Å². The van der Waals surface area contributed by atoms with Crippen molar-refractivity contribution in [2.75, 3.05) is 25.3 Å². The van der Waals surface area contributed by atoms with Gasteiger partial charge < -0.3 is 10.5 Å². The fourth-order valence-electron chi connectivity index (χ4n) is 0.729. The van der Waals surface area contributed by atoms with Crippen molar-refractivity contribution in [3.05, 3.63) is 0 Å². The van der Waals surface area contributed by atoms with Crippen molar-refractivity contribution < 1.29 is 13.2 Å². The first kappa shape index (κ1) is 10.9. The van der Waals surface area contributed by atoms with Gasteiger partial charge in [0.2, 0.25) is 0 Å². The minimum atomic E-state index is -3.05. The Labute approximate surface area is 67.6 Å². The molecule has 0 aliphatic heterocycles. The standard InChI is InChI=1S/C6H15NO3S/c1-6(3-7)4-11(8,9)5-10-2/h6H,3-5,7H2,1-2H3. The Kier molecular flexibility index (Phi) is 4.63. The topological polar surface area (TPSA) is 69.4 Å². The summed E-state index contributed by atoms with van der Waals surface area (Å²) in [6.07, 6.45) is 0. The van der Waals surface area contributed by atoms with E-state index in [1.165, 1.54) is 7.11 Å². The predicted molar refractivity (Wildman–Crippen MR) is 43.9 cm³/mol. The minimum Gasteiger partial charge on any atom is -0.369 e. The molecule has 0 aromatic heterocycles. The largest absolute Gasteiger partial charge is 0.369 e. The fraction of sp³-hybridized carbons (Fsp3) is 1.00. The number of sulfone groups is 1. The molecule has 0 fully saturated rings. The van der Waals surface area contributed by atoms with E-state index < -0.39 is 9.84 Å². The van der Waals surface area contributed by atoms with E-state index in [0.717, 1.165) is 0 Å². The van der Waals surface area contributed by atoms with Gasteiger partial charge in [0.25, 0.3) is 0 Å². The molecule has 0 aliphatic rings. The Bertz CT molecular complexity index is 188. The van der Waals surface area contributed by atoms with Gasteiger partial charge in [-0.25, -0.2) is 8.42 Å². The SMILES string of the molecule is COCS(=O)(=O)CC(C)CN. The van der Waals surface area contributed by atoms with Gasteiger partial charge in [0.1, 0.15) is 5.94 Å². The zero-order valence-corrected chi connectivity index (χ0v) is 7.73. The third kappa shape index (κ3) is 5.17. The molecule has 0 spiro atoms. The molecule has 0 aromatic carbocycles. The van der Waals surface area contributed by atoms with Crippen molar-refractivity contribution in [3.63, 3.8) is 0 Å². The molecule has 0 saturated heterocycles. The zero-order valence-electron chi connectivity index (χ0n) is 6.91. The Morgan fingerprint density at radius 2 is 2.09 bits per heavy atom. The minimum absolute atomic E-state index is 0.00940. The summed E-state index contributed by atoms with van der Waals surface area (Å²) in [5.41, 5.74) is 5.27. The van der Waals surface area contributed by atoms with Crippen LogP contribution < -0.4 is 5.73 Å². The van der Waals surface area contributed by atoms with Crippen LogP contribution in [0.1, 0.15) is 6.92 Å². The lowest BCUT2D eigenvalue weighted by molar-refractivity contribution is 0.249. The molecule has 1 unspecified atom stereocenters. The third-order valence-electron chi connectivity index (χ3n) is 1.24. The van der Waals surface area contributed by atoms with Crippen LogP contribution in [0.2, 0.25) is 0 Å². The van der Waals surface area contributed by atoms with Crippen LogP contribution in [0.15, 0.2) is 0 Å². The van der Waals surface area contributed by atoms with Gasteiger partial charge in [-0.05, 0) is 12.5 Å². The van der Waals surface area contributed by atoms with Crippen molar-refractivity contribution in [1.82, 2.24) is 0 Å². The van der Waals surface area contributed by atoms with E-state index in [1.807, 2.05) is 0 Å². The first-order chi connectivity index (χ1) is 5.02. The average molecular weight is 181 g/mol. The summed E-state index contributed by atoms with van der Waals surface area (Å²) in [5.74, 6) is -0.0931. The van der Waals surface area contributed by atoms with Gasteiger partial charge in [0.15, 0.2) is 9.84 Å². The molecule has 0 aliphatic carbocycles. The van der Waals surface area contributed by atoms with E-state index in [4.69, 9.17) is 5.73 Å². The molecule has 5 heteroatoms. The molecule has 0 aromatic rings. The summed E-state index contributed by atoms with van der Waals surface area (Å²) in [5, 5.41) is 0. The lowest BCUT2D eigenvalue weighted by atomic mass is 10.2. The van der Waals surface area contributed by atoms with E-state index in [1.54, 1.807) is 6.92 Å². The molecule has 2 N–H and O–H groups in total. The first-order valence-electron chi connectivity index (χ1n) is 3.41. The normalized spacial score (nSPS) is 14.8. The smallest absolute Gasteiger partial charge is 0.174 e. The summed E-state index contributed by atoms with van der Waals surface area (Å²) in [4.78, 5) is 0. The second kappa shape index (κ2) is 4.69. The van der Waals surface area contributed by atoms with E-state index in [-0.39, 0.29) is 17.6 Å². The maximum Gasteiger partial charge on any atom is 0.174 e. The average Bonchev–Trinajstić information content (AvgIpc) is 1.86. The van der Waals surface area contributed by atoms with Gasteiger partial charge in [0, 0.05) is 7.11 Å². The van der Waals surface area contributed by atoms with Crippen molar-refractivity contribution in [1.29, 1.82) is 0 Å². The Hall–Kier alpha value is -0.130. The molecule has 1 atom stereocenters. The lowest BCUT2D eigenvalue weighted by Crippen LogP contribution is -2.23. The first-order valence-corrected chi connectivity index (χ1v) is 5.23.